The number of nitrogens with zero attached hydrogens (tertiary/aromatic N) is 2. The number of nitriles is 1. The van der Waals surface area contributed by atoms with Crippen LogP contribution in [-0.2, 0) is 14.1 Å². The van der Waals surface area contributed by atoms with Crippen LogP contribution in [0.1, 0.15) is 59.9 Å². The largest absolute Gasteiger partial charge is 0.497 e. The van der Waals surface area contributed by atoms with Gasteiger partial charge in [0.25, 0.3) is 0 Å². The Balaban J connectivity index is 1.78. The minimum absolute atomic E-state index is 0.0313. The molecule has 2 fully saturated rings. The van der Waals surface area contributed by atoms with Crippen molar-refractivity contribution < 1.29 is 23.6 Å². The van der Waals surface area contributed by atoms with E-state index in [1.165, 1.54) is 0 Å². The lowest BCUT2D eigenvalue weighted by molar-refractivity contribution is -0.119. The Hall–Kier alpha value is -2.83. The van der Waals surface area contributed by atoms with Crippen LogP contribution in [0.4, 0.5) is 0 Å². The zero-order valence-electron chi connectivity index (χ0n) is 20.0. The number of benzene rings is 1. The molecule has 0 bridgehead atoms. The molecule has 174 valence electrons. The van der Waals surface area contributed by atoms with Gasteiger partial charge in [0.2, 0.25) is 11.8 Å². The van der Waals surface area contributed by atoms with Crippen molar-refractivity contribution in [2.75, 3.05) is 6.61 Å². The molecule has 0 radical (unpaired) electrons. The van der Waals surface area contributed by atoms with E-state index in [2.05, 4.69) is 16.4 Å². The van der Waals surface area contributed by atoms with Crippen LogP contribution in [0.25, 0.3) is 10.8 Å². The Bertz CT molecular complexity index is 1110. The van der Waals surface area contributed by atoms with E-state index in [0.717, 1.165) is 17.3 Å². The van der Waals surface area contributed by atoms with Crippen LogP contribution >= 0.6 is 0 Å². The summed E-state index contributed by atoms with van der Waals surface area (Å²) >= 11 is 0. The molecule has 0 aliphatic carbocycles. The molecule has 2 aliphatic heterocycles. The predicted octanol–water partition coefficient (Wildman–Crippen LogP) is 2.85. The number of aromatic nitrogens is 1. The molecule has 4 rings (SSSR count). The topological polar surface area (TPSA) is 103 Å². The van der Waals surface area contributed by atoms with Gasteiger partial charge in [0, 0.05) is 23.5 Å². The molecule has 33 heavy (non-hydrogen) atoms. The molecule has 8 nitrogen and oxygen atoms in total. The summed E-state index contributed by atoms with van der Waals surface area (Å²) in [6, 6.07) is 5.74. The molecule has 1 N–H and O–H groups in total. The van der Waals surface area contributed by atoms with Crippen LogP contribution in [0, 0.1) is 11.3 Å². The highest BCUT2D eigenvalue weighted by Crippen LogP contribution is 2.38. The van der Waals surface area contributed by atoms with Gasteiger partial charge in [-0.2, -0.15) is 5.26 Å². The van der Waals surface area contributed by atoms with E-state index in [1.807, 2.05) is 41.5 Å². The van der Waals surface area contributed by atoms with Crippen molar-refractivity contribution in [3.63, 3.8) is 0 Å². The molecule has 1 aromatic carbocycles. The number of rotatable bonds is 6. The number of carbonyl (C=O) groups excluding carboxylic acids is 1. The molecule has 2 saturated heterocycles. The van der Waals surface area contributed by atoms with Crippen molar-refractivity contribution in [2.24, 2.45) is 0 Å². The van der Waals surface area contributed by atoms with Gasteiger partial charge in [-0.05, 0) is 65.5 Å². The molecule has 1 amide bonds. The molecular weight excluding hydrogens is 421 g/mol. The van der Waals surface area contributed by atoms with Gasteiger partial charge in [-0.3, -0.25) is 4.79 Å². The number of hydrogen-bond donors (Lipinski definition) is 1. The summed E-state index contributed by atoms with van der Waals surface area (Å²) < 4.78 is 24.4. The van der Waals surface area contributed by atoms with Crippen LogP contribution in [0.3, 0.4) is 0 Å². The first-order chi connectivity index (χ1) is 15.5. The Morgan fingerprint density at radius 1 is 1.24 bits per heavy atom. The van der Waals surface area contributed by atoms with Crippen molar-refractivity contribution in [2.45, 2.75) is 77.7 Å². The van der Waals surface area contributed by atoms with E-state index in [9.17, 15) is 10.1 Å². The van der Waals surface area contributed by atoms with Crippen LogP contribution < -0.4 is 20.3 Å². The van der Waals surface area contributed by atoms with E-state index >= 15 is 0 Å². The van der Waals surface area contributed by atoms with E-state index in [4.69, 9.17) is 18.8 Å². The van der Waals surface area contributed by atoms with Crippen molar-refractivity contribution >= 4 is 29.3 Å². The second-order valence-corrected chi connectivity index (χ2v) is 9.89. The fourth-order valence-electron chi connectivity index (χ4n) is 3.96. The van der Waals surface area contributed by atoms with Gasteiger partial charge in [0.15, 0.2) is 0 Å². The van der Waals surface area contributed by atoms with Crippen LogP contribution in [0.5, 0.6) is 11.6 Å². The standard InChI is InChI=1S/C24H30BN3O5/c1-14(2)31-20-10-18-17(9-15(20)11-26)19(25-32-23(3,4)24(5,6)33-25)12-27-22(18)30-13-16-7-8-21(29)28-16/h9-10,12,14,16H,7-8,13H2,1-6H3,(H,28,29). The molecular formula is C24H30BN3O5. The van der Waals surface area contributed by atoms with E-state index in [1.54, 1.807) is 18.3 Å². The number of amides is 1. The summed E-state index contributed by atoms with van der Waals surface area (Å²) in [5.74, 6) is 0.903. The van der Waals surface area contributed by atoms with Crippen molar-refractivity contribution in [1.82, 2.24) is 10.3 Å². The average molecular weight is 451 g/mol. The fraction of sp³-hybridized carbons (Fsp3) is 0.542. The number of carbonyl (C=O) groups is 1. The van der Waals surface area contributed by atoms with E-state index in [0.29, 0.717) is 35.6 Å². The average Bonchev–Trinajstić information content (AvgIpc) is 3.24. The number of nitrogens with one attached hydrogen (secondary N) is 1. The fourth-order valence-corrected chi connectivity index (χ4v) is 3.96. The van der Waals surface area contributed by atoms with Crippen LogP contribution in [0.2, 0.25) is 0 Å². The Labute approximate surface area is 194 Å². The van der Waals surface area contributed by atoms with Crippen molar-refractivity contribution in [1.29, 1.82) is 5.26 Å². The molecule has 3 heterocycles. The number of fused-ring (bicyclic) bond motifs is 1. The molecule has 1 unspecified atom stereocenters. The third-order valence-electron chi connectivity index (χ3n) is 6.48. The first kappa shape index (κ1) is 23.3. The molecule has 9 heteroatoms. The van der Waals surface area contributed by atoms with Gasteiger partial charge in [-0.25, -0.2) is 4.98 Å². The minimum atomic E-state index is -0.642. The van der Waals surface area contributed by atoms with Crippen molar-refractivity contribution in [3.05, 3.63) is 23.9 Å². The molecule has 2 aliphatic rings. The SMILES string of the molecule is CC(C)Oc1cc2c(OCC3CCC(=O)N3)ncc(B3OC(C)(C)C(C)(C)O3)c2cc1C#N. The maximum atomic E-state index is 11.5. The highest BCUT2D eigenvalue weighted by atomic mass is 16.7. The van der Waals surface area contributed by atoms with Gasteiger partial charge >= 0.3 is 7.12 Å². The molecule has 1 atom stereocenters. The molecule has 0 saturated carbocycles. The van der Waals surface area contributed by atoms with E-state index < -0.39 is 18.3 Å². The zero-order valence-corrected chi connectivity index (χ0v) is 20.0. The Morgan fingerprint density at radius 3 is 2.52 bits per heavy atom. The third-order valence-corrected chi connectivity index (χ3v) is 6.48. The lowest BCUT2D eigenvalue weighted by Gasteiger charge is -2.32. The maximum absolute atomic E-state index is 11.5. The predicted molar refractivity (Wildman–Crippen MR) is 125 cm³/mol. The monoisotopic (exact) mass is 451 g/mol. The molecule has 0 spiro atoms. The number of ether oxygens (including phenoxy) is 2. The van der Waals surface area contributed by atoms with Gasteiger partial charge in [0.1, 0.15) is 18.4 Å². The second-order valence-electron chi connectivity index (χ2n) is 9.89. The lowest BCUT2D eigenvalue weighted by Crippen LogP contribution is -2.41. The van der Waals surface area contributed by atoms with Gasteiger partial charge in [-0.15, -0.1) is 0 Å². The molecule has 2 aromatic rings. The number of pyridine rings is 1. The normalized spacial score (nSPS) is 21.3. The summed E-state index contributed by atoms with van der Waals surface area (Å²) in [5, 5.41) is 14.1. The summed E-state index contributed by atoms with van der Waals surface area (Å²) in [6.07, 6.45) is 2.80. The van der Waals surface area contributed by atoms with Gasteiger partial charge in [0.05, 0.1) is 28.9 Å². The quantitative estimate of drug-likeness (QED) is 0.674. The first-order valence-electron chi connectivity index (χ1n) is 11.3. The Morgan fingerprint density at radius 2 is 1.94 bits per heavy atom. The summed E-state index contributed by atoms with van der Waals surface area (Å²) in [4.78, 5) is 16.1. The highest BCUT2D eigenvalue weighted by molar-refractivity contribution is 6.65. The first-order valence-corrected chi connectivity index (χ1v) is 11.3. The summed E-state index contributed by atoms with van der Waals surface area (Å²) in [6.45, 7) is 12.1. The minimum Gasteiger partial charge on any atom is -0.490 e. The smallest absolute Gasteiger partial charge is 0.490 e. The summed E-state index contributed by atoms with van der Waals surface area (Å²) in [7, 11) is -0.642. The zero-order chi connectivity index (χ0) is 24.0. The maximum Gasteiger partial charge on any atom is 0.497 e. The summed E-state index contributed by atoms with van der Waals surface area (Å²) in [5.41, 5.74) is 0.101. The number of hydrogen-bond acceptors (Lipinski definition) is 7. The molecule has 1 aromatic heterocycles. The van der Waals surface area contributed by atoms with Crippen LogP contribution in [-0.4, -0.2) is 48.0 Å². The third kappa shape index (κ3) is 4.50. The van der Waals surface area contributed by atoms with E-state index in [-0.39, 0.29) is 18.1 Å². The lowest BCUT2D eigenvalue weighted by atomic mass is 9.77. The highest BCUT2D eigenvalue weighted by Gasteiger charge is 2.52. The van der Waals surface area contributed by atoms with Crippen molar-refractivity contribution in [3.8, 4) is 17.7 Å². The van der Waals surface area contributed by atoms with Gasteiger partial charge in [-0.1, -0.05) is 0 Å². The Kier molecular flexibility index (Phi) is 6.02. The van der Waals surface area contributed by atoms with Gasteiger partial charge < -0.3 is 24.1 Å². The van der Waals surface area contributed by atoms with Crippen LogP contribution in [0.15, 0.2) is 18.3 Å². The second kappa shape index (κ2) is 8.51.